The van der Waals surface area contributed by atoms with Crippen molar-refractivity contribution >= 4 is 5.91 Å². The maximum absolute atomic E-state index is 13.5. The summed E-state index contributed by atoms with van der Waals surface area (Å²) in [6.07, 6.45) is -3.22. The van der Waals surface area contributed by atoms with Crippen LogP contribution in [0.2, 0.25) is 0 Å². The lowest BCUT2D eigenvalue weighted by Gasteiger charge is -2.35. The Hall–Kier alpha value is -1.61. The molecule has 0 aromatic carbocycles. The second-order valence-electron chi connectivity index (χ2n) is 7.67. The van der Waals surface area contributed by atoms with Crippen molar-refractivity contribution in [3.05, 3.63) is 17.0 Å². The molecule has 6 nitrogen and oxygen atoms in total. The first-order chi connectivity index (χ1) is 12.5. The van der Waals surface area contributed by atoms with Gasteiger partial charge in [0.15, 0.2) is 5.69 Å². The summed E-state index contributed by atoms with van der Waals surface area (Å²) < 4.78 is 42.0. The lowest BCUT2D eigenvalue weighted by Crippen LogP contribution is -2.39. The van der Waals surface area contributed by atoms with Crippen molar-refractivity contribution < 1.29 is 18.0 Å². The second kappa shape index (κ2) is 8.60. The van der Waals surface area contributed by atoms with Gasteiger partial charge in [0.1, 0.15) is 0 Å². The molecule has 1 fully saturated rings. The Balaban J connectivity index is 2.25. The minimum absolute atomic E-state index is 0.121. The molecular weight excluding hydrogens is 359 g/mol. The SMILES string of the molecule is Cc1c(C(=O)NCCN(C)C)c(C(F)(F)F)nn1C1CCN(C(C)C)CC1. The number of amides is 1. The molecule has 1 amide bonds. The zero-order valence-corrected chi connectivity index (χ0v) is 16.7. The summed E-state index contributed by atoms with van der Waals surface area (Å²) >= 11 is 0. The Morgan fingerprint density at radius 2 is 1.89 bits per heavy atom. The third-order valence-corrected chi connectivity index (χ3v) is 5.07. The molecule has 27 heavy (non-hydrogen) atoms. The van der Waals surface area contributed by atoms with Crippen LogP contribution >= 0.6 is 0 Å². The lowest BCUT2D eigenvalue weighted by molar-refractivity contribution is -0.142. The minimum atomic E-state index is -4.66. The zero-order chi connectivity index (χ0) is 20.4. The first-order valence-corrected chi connectivity index (χ1v) is 9.35. The van der Waals surface area contributed by atoms with Crippen LogP contribution in [0.1, 0.15) is 54.5 Å². The van der Waals surface area contributed by atoms with Crippen LogP contribution < -0.4 is 5.32 Å². The highest BCUT2D eigenvalue weighted by molar-refractivity contribution is 5.96. The van der Waals surface area contributed by atoms with E-state index in [4.69, 9.17) is 0 Å². The molecule has 1 aromatic rings. The van der Waals surface area contributed by atoms with E-state index in [-0.39, 0.29) is 23.8 Å². The summed E-state index contributed by atoms with van der Waals surface area (Å²) in [5, 5.41) is 6.42. The van der Waals surface area contributed by atoms with Gasteiger partial charge in [-0.05, 0) is 47.7 Å². The largest absolute Gasteiger partial charge is 0.435 e. The molecule has 0 bridgehead atoms. The quantitative estimate of drug-likeness (QED) is 0.813. The van der Waals surface area contributed by atoms with Gasteiger partial charge in [0.05, 0.1) is 11.6 Å². The monoisotopic (exact) mass is 389 g/mol. The average molecular weight is 389 g/mol. The third-order valence-electron chi connectivity index (χ3n) is 5.07. The highest BCUT2D eigenvalue weighted by atomic mass is 19.4. The molecule has 1 N–H and O–H groups in total. The van der Waals surface area contributed by atoms with Gasteiger partial charge in [-0.1, -0.05) is 0 Å². The van der Waals surface area contributed by atoms with E-state index in [1.807, 2.05) is 19.0 Å². The molecule has 0 atom stereocenters. The standard InChI is InChI=1S/C18H30F3N5O/c1-12(2)25-9-6-14(7-10-25)26-13(3)15(16(23-26)18(19,20)21)17(27)22-8-11-24(4)5/h12,14H,6-11H2,1-5H3,(H,22,27). The number of likely N-dealkylation sites (N-methyl/N-ethyl adjacent to an activating group) is 1. The van der Waals surface area contributed by atoms with Gasteiger partial charge in [0.2, 0.25) is 0 Å². The van der Waals surface area contributed by atoms with Gasteiger partial charge in [0.25, 0.3) is 5.91 Å². The van der Waals surface area contributed by atoms with Crippen LogP contribution in [0.15, 0.2) is 0 Å². The summed E-state index contributed by atoms with van der Waals surface area (Å²) in [5.41, 5.74) is -1.16. The van der Waals surface area contributed by atoms with Crippen molar-refractivity contribution in [1.82, 2.24) is 24.9 Å². The topological polar surface area (TPSA) is 53.4 Å². The molecule has 1 aromatic heterocycles. The highest BCUT2D eigenvalue weighted by Gasteiger charge is 2.41. The molecule has 1 aliphatic heterocycles. The van der Waals surface area contributed by atoms with Crippen LogP contribution in [0.25, 0.3) is 0 Å². The molecule has 0 saturated carbocycles. The first kappa shape index (κ1) is 21.7. The van der Waals surface area contributed by atoms with E-state index in [1.165, 1.54) is 4.68 Å². The minimum Gasteiger partial charge on any atom is -0.351 e. The number of alkyl halides is 3. The van der Waals surface area contributed by atoms with Gasteiger partial charge in [-0.25, -0.2) is 0 Å². The maximum Gasteiger partial charge on any atom is 0.435 e. The number of piperidine rings is 1. The van der Waals surface area contributed by atoms with Crippen molar-refractivity contribution in [2.75, 3.05) is 40.3 Å². The normalized spacial score (nSPS) is 17.1. The van der Waals surface area contributed by atoms with Crippen molar-refractivity contribution in [3.8, 4) is 0 Å². The molecule has 0 unspecified atom stereocenters. The van der Waals surface area contributed by atoms with Crippen molar-refractivity contribution in [2.24, 2.45) is 0 Å². The molecule has 0 spiro atoms. The predicted molar refractivity (Wildman–Crippen MR) is 97.8 cm³/mol. The maximum atomic E-state index is 13.5. The van der Waals surface area contributed by atoms with E-state index >= 15 is 0 Å². The van der Waals surface area contributed by atoms with E-state index in [0.29, 0.717) is 12.6 Å². The molecule has 1 aliphatic rings. The molecule has 0 aliphatic carbocycles. The summed E-state index contributed by atoms with van der Waals surface area (Å²) in [5.74, 6) is -0.715. The first-order valence-electron chi connectivity index (χ1n) is 9.35. The van der Waals surface area contributed by atoms with Crippen LogP contribution in [0.4, 0.5) is 13.2 Å². The van der Waals surface area contributed by atoms with Gasteiger partial charge < -0.3 is 15.1 Å². The summed E-state index contributed by atoms with van der Waals surface area (Å²) in [6, 6.07) is 0.290. The van der Waals surface area contributed by atoms with Crippen LogP contribution in [0, 0.1) is 6.92 Å². The van der Waals surface area contributed by atoms with E-state index in [2.05, 4.69) is 29.2 Å². The van der Waals surface area contributed by atoms with Gasteiger partial charge in [0, 0.05) is 37.9 Å². The van der Waals surface area contributed by atoms with Crippen molar-refractivity contribution in [3.63, 3.8) is 0 Å². The third kappa shape index (κ3) is 5.22. The Morgan fingerprint density at radius 3 is 2.37 bits per heavy atom. The summed E-state index contributed by atoms with van der Waals surface area (Å²) in [4.78, 5) is 16.6. The van der Waals surface area contributed by atoms with E-state index in [9.17, 15) is 18.0 Å². The number of likely N-dealkylation sites (tertiary alicyclic amines) is 1. The van der Waals surface area contributed by atoms with Crippen molar-refractivity contribution in [2.45, 2.75) is 51.9 Å². The average Bonchev–Trinajstić information content (AvgIpc) is 2.92. The summed E-state index contributed by atoms with van der Waals surface area (Å²) in [7, 11) is 3.67. The lowest BCUT2D eigenvalue weighted by atomic mass is 10.0. The Labute approximate surface area is 158 Å². The van der Waals surface area contributed by atoms with E-state index in [1.54, 1.807) is 6.92 Å². The van der Waals surface area contributed by atoms with E-state index in [0.717, 1.165) is 25.9 Å². The molecule has 154 valence electrons. The fourth-order valence-corrected chi connectivity index (χ4v) is 3.47. The van der Waals surface area contributed by atoms with Crippen LogP contribution in [0.3, 0.4) is 0 Å². The summed E-state index contributed by atoms with van der Waals surface area (Å²) in [6.45, 7) is 8.22. The van der Waals surface area contributed by atoms with E-state index < -0.39 is 17.8 Å². The molecule has 2 heterocycles. The number of halogens is 3. The zero-order valence-electron chi connectivity index (χ0n) is 16.7. The Morgan fingerprint density at radius 1 is 1.30 bits per heavy atom. The fraction of sp³-hybridized carbons (Fsp3) is 0.778. The second-order valence-corrected chi connectivity index (χ2v) is 7.67. The number of rotatable bonds is 6. The van der Waals surface area contributed by atoms with Gasteiger partial charge in [-0.2, -0.15) is 18.3 Å². The molecule has 0 radical (unpaired) electrons. The van der Waals surface area contributed by atoms with Gasteiger partial charge >= 0.3 is 6.18 Å². The highest BCUT2D eigenvalue weighted by Crippen LogP contribution is 2.35. The van der Waals surface area contributed by atoms with Crippen molar-refractivity contribution in [1.29, 1.82) is 0 Å². The predicted octanol–water partition coefficient (Wildman–Crippen LogP) is 2.55. The van der Waals surface area contributed by atoms with Gasteiger partial charge in [-0.15, -0.1) is 0 Å². The Bertz CT molecular complexity index is 646. The van der Waals surface area contributed by atoms with Gasteiger partial charge in [-0.3, -0.25) is 9.48 Å². The van der Waals surface area contributed by atoms with Crippen LogP contribution in [-0.4, -0.2) is 71.8 Å². The number of nitrogens with zero attached hydrogens (tertiary/aromatic N) is 4. The number of hydrogen-bond donors (Lipinski definition) is 1. The van der Waals surface area contributed by atoms with Crippen LogP contribution in [0.5, 0.6) is 0 Å². The number of nitrogens with one attached hydrogen (secondary N) is 1. The molecule has 1 saturated heterocycles. The fourth-order valence-electron chi connectivity index (χ4n) is 3.47. The molecule has 2 rings (SSSR count). The number of hydrogen-bond acceptors (Lipinski definition) is 4. The number of carbonyl (C=O) groups excluding carboxylic acids is 1. The van der Waals surface area contributed by atoms with Crippen LogP contribution in [-0.2, 0) is 6.18 Å². The molecule has 9 heteroatoms. The number of aromatic nitrogens is 2. The number of carbonyl (C=O) groups is 1. The Kier molecular flexibility index (Phi) is 6.91. The molecular formula is C18H30F3N5O. The smallest absolute Gasteiger partial charge is 0.351 e.